The fraction of sp³-hybridized carbons (Fsp3) is 0.333. The Kier molecular flexibility index (Phi) is 5.56. The van der Waals surface area contributed by atoms with Crippen LogP contribution in [-0.4, -0.2) is 24.5 Å². The molecule has 5 nitrogen and oxygen atoms in total. The lowest BCUT2D eigenvalue weighted by atomic mass is 9.95. The molecule has 0 aromatic heterocycles. The highest BCUT2D eigenvalue weighted by Gasteiger charge is 2.44. The topological polar surface area (TPSA) is 61.4 Å². The molecule has 0 aliphatic heterocycles. The van der Waals surface area contributed by atoms with Gasteiger partial charge in [0, 0.05) is 19.3 Å². The minimum absolute atomic E-state index is 0.0592. The van der Waals surface area contributed by atoms with Gasteiger partial charge in [0.1, 0.15) is 5.54 Å². The van der Waals surface area contributed by atoms with Gasteiger partial charge < -0.3 is 15.5 Å². The van der Waals surface area contributed by atoms with Gasteiger partial charge in [0.2, 0.25) is 0 Å². The molecular formula is C21H25N3O2. The van der Waals surface area contributed by atoms with Gasteiger partial charge in [0.25, 0.3) is 5.91 Å². The van der Waals surface area contributed by atoms with Crippen molar-refractivity contribution in [3.8, 4) is 0 Å². The number of likely N-dealkylation sites (N-methyl/N-ethyl adjacent to an activating group) is 1. The zero-order valence-corrected chi connectivity index (χ0v) is 15.1. The Morgan fingerprint density at radius 2 is 1.54 bits per heavy atom. The molecule has 136 valence electrons. The lowest BCUT2D eigenvalue weighted by Gasteiger charge is -2.33. The van der Waals surface area contributed by atoms with Crippen LogP contribution in [0.1, 0.15) is 31.2 Å². The Labute approximate surface area is 154 Å². The molecule has 26 heavy (non-hydrogen) atoms. The van der Waals surface area contributed by atoms with Gasteiger partial charge >= 0.3 is 6.03 Å². The van der Waals surface area contributed by atoms with Crippen LogP contribution in [0.4, 0.5) is 10.5 Å². The molecule has 3 amide bonds. The van der Waals surface area contributed by atoms with Crippen LogP contribution in [0, 0.1) is 0 Å². The Bertz CT molecular complexity index is 740. The molecule has 0 spiro atoms. The Morgan fingerprint density at radius 1 is 0.962 bits per heavy atom. The molecule has 0 radical (unpaired) electrons. The summed E-state index contributed by atoms with van der Waals surface area (Å²) in [5.74, 6) is -0.0592. The number of hydrogen-bond donors (Lipinski definition) is 2. The molecular weight excluding hydrogens is 326 g/mol. The zero-order valence-electron chi connectivity index (χ0n) is 15.1. The molecule has 3 rings (SSSR count). The van der Waals surface area contributed by atoms with Crippen LogP contribution < -0.4 is 15.5 Å². The minimum atomic E-state index is -0.828. The van der Waals surface area contributed by atoms with Crippen molar-refractivity contribution in [2.24, 2.45) is 0 Å². The summed E-state index contributed by atoms with van der Waals surface area (Å²) in [5, 5.41) is 5.84. The van der Waals surface area contributed by atoms with Gasteiger partial charge in [-0.2, -0.15) is 0 Å². The van der Waals surface area contributed by atoms with E-state index in [4.69, 9.17) is 0 Å². The second-order valence-electron chi connectivity index (χ2n) is 6.78. The number of hydrogen-bond acceptors (Lipinski definition) is 2. The Hall–Kier alpha value is -2.82. The van der Waals surface area contributed by atoms with E-state index >= 15 is 0 Å². The lowest BCUT2D eigenvalue weighted by Crippen LogP contribution is -2.59. The average molecular weight is 351 g/mol. The second kappa shape index (κ2) is 8.04. The Morgan fingerprint density at radius 3 is 2.15 bits per heavy atom. The second-order valence-corrected chi connectivity index (χ2v) is 6.78. The molecule has 1 fully saturated rings. The summed E-state index contributed by atoms with van der Waals surface area (Å²) >= 11 is 0. The van der Waals surface area contributed by atoms with Crippen LogP contribution in [0.15, 0.2) is 60.7 Å². The summed E-state index contributed by atoms with van der Waals surface area (Å²) in [4.78, 5) is 27.3. The molecule has 0 unspecified atom stereocenters. The number of carbonyl (C=O) groups is 2. The number of nitrogens with zero attached hydrogens (tertiary/aromatic N) is 1. The molecule has 0 atom stereocenters. The summed E-state index contributed by atoms with van der Waals surface area (Å²) < 4.78 is 0. The molecule has 1 aliphatic rings. The van der Waals surface area contributed by atoms with Crippen LogP contribution in [-0.2, 0) is 11.3 Å². The zero-order chi connectivity index (χ0) is 18.4. The van der Waals surface area contributed by atoms with Gasteiger partial charge in [-0.1, -0.05) is 61.4 Å². The number of benzene rings is 2. The third-order valence-electron chi connectivity index (χ3n) is 4.96. The number of para-hydroxylation sites is 1. The first-order valence-electron chi connectivity index (χ1n) is 9.04. The third kappa shape index (κ3) is 4.04. The summed E-state index contributed by atoms with van der Waals surface area (Å²) in [6.07, 6.45) is 3.21. The van der Waals surface area contributed by atoms with Crippen LogP contribution in [0.25, 0.3) is 0 Å². The summed E-state index contributed by atoms with van der Waals surface area (Å²) in [5.41, 5.74) is 1.02. The normalized spacial score (nSPS) is 15.3. The number of anilines is 1. The van der Waals surface area contributed by atoms with Crippen LogP contribution in [0.2, 0.25) is 0 Å². The van der Waals surface area contributed by atoms with E-state index in [1.807, 2.05) is 60.7 Å². The van der Waals surface area contributed by atoms with E-state index in [2.05, 4.69) is 10.6 Å². The lowest BCUT2D eigenvalue weighted by molar-refractivity contribution is -0.124. The van der Waals surface area contributed by atoms with Gasteiger partial charge in [-0.3, -0.25) is 4.79 Å². The first-order valence-corrected chi connectivity index (χ1v) is 9.04. The van der Waals surface area contributed by atoms with Crippen molar-refractivity contribution in [3.63, 3.8) is 0 Å². The van der Waals surface area contributed by atoms with Gasteiger partial charge in [0.15, 0.2) is 0 Å². The predicted octanol–water partition coefficient (Wildman–Crippen LogP) is 3.46. The van der Waals surface area contributed by atoms with Gasteiger partial charge in [-0.15, -0.1) is 0 Å². The summed E-state index contributed by atoms with van der Waals surface area (Å²) in [7, 11) is 1.77. The van der Waals surface area contributed by atoms with Crippen molar-refractivity contribution >= 4 is 17.6 Å². The molecule has 5 heteroatoms. The summed E-state index contributed by atoms with van der Waals surface area (Å²) in [6.45, 7) is 0.436. The predicted molar refractivity (Wildman–Crippen MR) is 103 cm³/mol. The fourth-order valence-corrected chi connectivity index (χ4v) is 3.50. The van der Waals surface area contributed by atoms with E-state index in [1.54, 1.807) is 11.9 Å². The number of amides is 3. The molecule has 1 aliphatic carbocycles. The fourth-order valence-electron chi connectivity index (χ4n) is 3.50. The maximum atomic E-state index is 13.2. The monoisotopic (exact) mass is 351 g/mol. The smallest absolute Gasteiger partial charge is 0.315 e. The van der Waals surface area contributed by atoms with Crippen molar-refractivity contribution in [3.05, 3.63) is 66.2 Å². The first-order chi connectivity index (χ1) is 12.6. The van der Waals surface area contributed by atoms with Gasteiger partial charge in [-0.05, 0) is 30.5 Å². The van der Waals surface area contributed by atoms with Gasteiger partial charge in [0.05, 0.1) is 0 Å². The van der Waals surface area contributed by atoms with Crippen LogP contribution in [0.5, 0.6) is 0 Å². The maximum Gasteiger partial charge on any atom is 0.315 e. The molecule has 0 heterocycles. The molecule has 2 N–H and O–H groups in total. The first kappa shape index (κ1) is 18.0. The van der Waals surface area contributed by atoms with Crippen LogP contribution >= 0.6 is 0 Å². The Balaban J connectivity index is 1.67. The highest BCUT2D eigenvalue weighted by Crippen LogP contribution is 2.32. The number of nitrogens with one attached hydrogen (secondary N) is 2. The minimum Gasteiger partial charge on any atom is -0.334 e. The van der Waals surface area contributed by atoms with Crippen molar-refractivity contribution < 1.29 is 9.59 Å². The SMILES string of the molecule is CN(C(=O)C1(NC(=O)NCc2ccccc2)CCCC1)c1ccccc1. The van der Waals surface area contributed by atoms with Crippen molar-refractivity contribution in [1.29, 1.82) is 0 Å². The van der Waals surface area contributed by atoms with E-state index in [-0.39, 0.29) is 11.9 Å². The maximum absolute atomic E-state index is 13.2. The summed E-state index contributed by atoms with van der Waals surface area (Å²) in [6, 6.07) is 19.0. The van der Waals surface area contributed by atoms with Gasteiger partial charge in [-0.25, -0.2) is 4.79 Å². The quantitative estimate of drug-likeness (QED) is 0.866. The van der Waals surface area contributed by atoms with E-state index in [0.717, 1.165) is 24.1 Å². The largest absolute Gasteiger partial charge is 0.334 e. The van der Waals surface area contributed by atoms with E-state index in [1.165, 1.54) is 0 Å². The van der Waals surface area contributed by atoms with E-state index in [0.29, 0.717) is 19.4 Å². The van der Waals surface area contributed by atoms with Crippen LogP contribution in [0.3, 0.4) is 0 Å². The van der Waals surface area contributed by atoms with Crippen molar-refractivity contribution in [2.75, 3.05) is 11.9 Å². The van der Waals surface area contributed by atoms with E-state index in [9.17, 15) is 9.59 Å². The highest BCUT2D eigenvalue weighted by molar-refractivity contribution is 6.02. The number of carbonyl (C=O) groups excluding carboxylic acids is 2. The highest BCUT2D eigenvalue weighted by atomic mass is 16.2. The van der Waals surface area contributed by atoms with Crippen molar-refractivity contribution in [1.82, 2.24) is 10.6 Å². The molecule has 1 saturated carbocycles. The molecule has 2 aromatic carbocycles. The third-order valence-corrected chi connectivity index (χ3v) is 4.96. The standard InChI is InChI=1S/C21H25N3O2/c1-24(18-12-6-3-7-13-18)19(25)21(14-8-9-15-21)23-20(26)22-16-17-10-4-2-5-11-17/h2-7,10-13H,8-9,14-16H2,1H3,(H2,22,23,26). The van der Waals surface area contributed by atoms with E-state index < -0.39 is 5.54 Å². The molecule has 0 saturated heterocycles. The number of urea groups is 1. The average Bonchev–Trinajstić information content (AvgIpc) is 3.16. The molecule has 2 aromatic rings. The van der Waals surface area contributed by atoms with Crippen molar-refractivity contribution in [2.45, 2.75) is 37.8 Å². The molecule has 0 bridgehead atoms. The number of rotatable bonds is 5.